The molecule has 0 aliphatic heterocycles. The number of nitrogens with one attached hydrogen (secondary N) is 1. The molecule has 0 spiro atoms. The number of nitriles is 1. The van der Waals surface area contributed by atoms with Crippen molar-refractivity contribution in [3.63, 3.8) is 0 Å². The first-order chi connectivity index (χ1) is 9.60. The molecule has 0 fully saturated rings. The van der Waals surface area contributed by atoms with E-state index in [1.54, 1.807) is 12.1 Å². The van der Waals surface area contributed by atoms with Crippen LogP contribution in [0.3, 0.4) is 0 Å². The summed E-state index contributed by atoms with van der Waals surface area (Å²) in [4.78, 5) is 0. The van der Waals surface area contributed by atoms with E-state index < -0.39 is 0 Å². The number of rotatable bonds is 4. The summed E-state index contributed by atoms with van der Waals surface area (Å²) in [5, 5.41) is 12.0. The first kappa shape index (κ1) is 13.9. The Kier molecular flexibility index (Phi) is 4.21. The summed E-state index contributed by atoms with van der Waals surface area (Å²) < 4.78 is 13.2. The molecule has 0 aromatic heterocycles. The quantitative estimate of drug-likeness (QED) is 0.833. The second-order valence-corrected chi connectivity index (χ2v) is 4.67. The van der Waals surface area contributed by atoms with Gasteiger partial charge in [-0.05, 0) is 48.4 Å². The van der Waals surface area contributed by atoms with Crippen LogP contribution in [0.5, 0.6) is 0 Å². The SMILES string of the molecule is CC(Nc1ccc(N)c(CC#N)c1)c1cccc(F)c1. The van der Waals surface area contributed by atoms with Crippen LogP contribution >= 0.6 is 0 Å². The minimum atomic E-state index is -0.251. The second-order valence-electron chi connectivity index (χ2n) is 4.67. The monoisotopic (exact) mass is 269 g/mol. The Morgan fingerprint density at radius 2 is 2.10 bits per heavy atom. The van der Waals surface area contributed by atoms with E-state index in [0.29, 0.717) is 5.69 Å². The van der Waals surface area contributed by atoms with Crippen molar-refractivity contribution in [3.05, 3.63) is 59.4 Å². The lowest BCUT2D eigenvalue weighted by atomic mass is 10.1. The molecule has 20 heavy (non-hydrogen) atoms. The van der Waals surface area contributed by atoms with Gasteiger partial charge in [0, 0.05) is 17.4 Å². The molecule has 3 N–H and O–H groups in total. The fourth-order valence-electron chi connectivity index (χ4n) is 2.04. The minimum absolute atomic E-state index is 0.0377. The average Bonchev–Trinajstić information content (AvgIpc) is 2.43. The van der Waals surface area contributed by atoms with Crippen LogP contribution in [0.25, 0.3) is 0 Å². The van der Waals surface area contributed by atoms with Crippen LogP contribution < -0.4 is 11.1 Å². The first-order valence-corrected chi connectivity index (χ1v) is 6.37. The van der Waals surface area contributed by atoms with E-state index in [1.165, 1.54) is 12.1 Å². The summed E-state index contributed by atoms with van der Waals surface area (Å²) in [6.07, 6.45) is 0.274. The van der Waals surface area contributed by atoms with Gasteiger partial charge in [0.1, 0.15) is 5.82 Å². The second kappa shape index (κ2) is 6.07. The molecule has 0 saturated carbocycles. The van der Waals surface area contributed by atoms with Crippen molar-refractivity contribution in [2.45, 2.75) is 19.4 Å². The third-order valence-corrected chi connectivity index (χ3v) is 3.14. The fraction of sp³-hybridized carbons (Fsp3) is 0.188. The molecule has 102 valence electrons. The number of nitrogens with zero attached hydrogens (tertiary/aromatic N) is 1. The Morgan fingerprint density at radius 1 is 1.30 bits per heavy atom. The van der Waals surface area contributed by atoms with Crippen molar-refractivity contribution in [1.29, 1.82) is 5.26 Å². The number of hydrogen-bond donors (Lipinski definition) is 2. The third kappa shape index (κ3) is 3.27. The van der Waals surface area contributed by atoms with Gasteiger partial charge in [0.2, 0.25) is 0 Å². The Labute approximate surface area is 117 Å². The van der Waals surface area contributed by atoms with E-state index >= 15 is 0 Å². The molecule has 0 amide bonds. The molecule has 2 aromatic carbocycles. The van der Waals surface area contributed by atoms with E-state index in [-0.39, 0.29) is 18.3 Å². The van der Waals surface area contributed by atoms with Crippen molar-refractivity contribution in [3.8, 4) is 6.07 Å². The van der Waals surface area contributed by atoms with E-state index in [2.05, 4.69) is 11.4 Å². The topological polar surface area (TPSA) is 61.8 Å². The van der Waals surface area contributed by atoms with Crippen LogP contribution in [-0.4, -0.2) is 0 Å². The number of nitrogens with two attached hydrogens (primary N) is 1. The molecular weight excluding hydrogens is 253 g/mol. The lowest BCUT2D eigenvalue weighted by Crippen LogP contribution is -2.07. The zero-order chi connectivity index (χ0) is 14.5. The summed E-state index contributed by atoms with van der Waals surface area (Å²) in [6, 6.07) is 14.0. The lowest BCUT2D eigenvalue weighted by Gasteiger charge is -2.17. The first-order valence-electron chi connectivity index (χ1n) is 6.37. The average molecular weight is 269 g/mol. The molecule has 2 aromatic rings. The van der Waals surface area contributed by atoms with Crippen LogP contribution in [0.4, 0.5) is 15.8 Å². The van der Waals surface area contributed by atoms with Crippen LogP contribution in [0, 0.1) is 17.1 Å². The van der Waals surface area contributed by atoms with Crippen molar-refractivity contribution < 1.29 is 4.39 Å². The molecule has 1 unspecified atom stereocenters. The van der Waals surface area contributed by atoms with Crippen LogP contribution in [0.15, 0.2) is 42.5 Å². The maximum absolute atomic E-state index is 13.2. The summed E-state index contributed by atoms with van der Waals surface area (Å²) >= 11 is 0. The zero-order valence-electron chi connectivity index (χ0n) is 11.2. The molecule has 1 atom stereocenters. The number of halogens is 1. The molecule has 0 aliphatic rings. The maximum Gasteiger partial charge on any atom is 0.123 e. The molecule has 0 aliphatic carbocycles. The fourth-order valence-corrected chi connectivity index (χ4v) is 2.04. The molecule has 2 rings (SSSR count). The predicted octanol–water partition coefficient (Wildman–Crippen LogP) is 3.65. The van der Waals surface area contributed by atoms with Gasteiger partial charge in [-0.2, -0.15) is 5.26 Å². The van der Waals surface area contributed by atoms with Crippen molar-refractivity contribution in [1.82, 2.24) is 0 Å². The standard InChI is InChI=1S/C16H16FN3/c1-11(12-3-2-4-14(17)9-12)20-15-5-6-16(19)13(10-15)7-8-18/h2-6,9-11,20H,7,19H2,1H3. The van der Waals surface area contributed by atoms with Gasteiger partial charge in [0.25, 0.3) is 0 Å². The highest BCUT2D eigenvalue weighted by molar-refractivity contribution is 5.58. The van der Waals surface area contributed by atoms with E-state index in [9.17, 15) is 4.39 Å². The number of anilines is 2. The van der Waals surface area contributed by atoms with Crippen molar-refractivity contribution >= 4 is 11.4 Å². The number of hydrogen-bond acceptors (Lipinski definition) is 3. The van der Waals surface area contributed by atoms with Gasteiger partial charge >= 0.3 is 0 Å². The van der Waals surface area contributed by atoms with E-state index in [1.807, 2.05) is 25.1 Å². The van der Waals surface area contributed by atoms with E-state index in [0.717, 1.165) is 16.8 Å². The van der Waals surface area contributed by atoms with Crippen molar-refractivity contribution in [2.75, 3.05) is 11.1 Å². The smallest absolute Gasteiger partial charge is 0.123 e. The Bertz CT molecular complexity index is 646. The maximum atomic E-state index is 13.2. The number of benzene rings is 2. The Balaban J connectivity index is 2.17. The molecule has 0 bridgehead atoms. The van der Waals surface area contributed by atoms with Gasteiger partial charge < -0.3 is 11.1 Å². The van der Waals surface area contributed by atoms with Crippen LogP contribution in [-0.2, 0) is 6.42 Å². The van der Waals surface area contributed by atoms with Gasteiger partial charge in [0.15, 0.2) is 0 Å². The highest BCUT2D eigenvalue weighted by atomic mass is 19.1. The van der Waals surface area contributed by atoms with Crippen LogP contribution in [0.2, 0.25) is 0 Å². The van der Waals surface area contributed by atoms with Crippen molar-refractivity contribution in [2.24, 2.45) is 0 Å². The largest absolute Gasteiger partial charge is 0.398 e. The summed E-state index contributed by atoms with van der Waals surface area (Å²) in [6.45, 7) is 1.95. The molecular formula is C16H16FN3. The highest BCUT2D eigenvalue weighted by Gasteiger charge is 2.07. The van der Waals surface area contributed by atoms with E-state index in [4.69, 9.17) is 11.0 Å². The summed E-state index contributed by atoms with van der Waals surface area (Å²) in [5.41, 5.74) is 8.94. The van der Waals surface area contributed by atoms with Gasteiger partial charge in [-0.1, -0.05) is 12.1 Å². The summed E-state index contributed by atoms with van der Waals surface area (Å²) in [7, 11) is 0. The normalized spacial score (nSPS) is 11.7. The summed E-state index contributed by atoms with van der Waals surface area (Å²) in [5.74, 6) is -0.251. The Hall–Kier alpha value is -2.54. The van der Waals surface area contributed by atoms with Gasteiger partial charge in [-0.3, -0.25) is 0 Å². The molecule has 0 radical (unpaired) electrons. The zero-order valence-corrected chi connectivity index (χ0v) is 11.2. The van der Waals surface area contributed by atoms with Gasteiger partial charge in [-0.15, -0.1) is 0 Å². The molecule has 3 nitrogen and oxygen atoms in total. The molecule has 0 saturated heterocycles. The Morgan fingerprint density at radius 3 is 2.80 bits per heavy atom. The van der Waals surface area contributed by atoms with Gasteiger partial charge in [0.05, 0.1) is 12.5 Å². The van der Waals surface area contributed by atoms with Crippen LogP contribution in [0.1, 0.15) is 24.1 Å². The predicted molar refractivity (Wildman–Crippen MR) is 78.6 cm³/mol. The number of nitrogen functional groups attached to an aromatic ring is 1. The minimum Gasteiger partial charge on any atom is -0.398 e. The molecule has 4 heteroatoms. The molecule has 0 heterocycles. The highest BCUT2D eigenvalue weighted by Crippen LogP contribution is 2.23. The van der Waals surface area contributed by atoms with Gasteiger partial charge in [-0.25, -0.2) is 4.39 Å². The lowest BCUT2D eigenvalue weighted by molar-refractivity contribution is 0.623. The third-order valence-electron chi connectivity index (χ3n) is 3.14.